The molecule has 1 aromatic carbocycles. The average Bonchev–Trinajstić information content (AvgIpc) is 3.29. The molecule has 0 spiro atoms. The van der Waals surface area contributed by atoms with Crippen LogP contribution in [0.2, 0.25) is 10.0 Å². The monoisotopic (exact) mass is 558 g/mol. The Bertz CT molecular complexity index is 1230. The molecule has 0 bridgehead atoms. The van der Waals surface area contributed by atoms with Gasteiger partial charge in [0.05, 0.1) is 17.3 Å². The van der Waals surface area contributed by atoms with Crippen LogP contribution in [0.3, 0.4) is 0 Å². The summed E-state index contributed by atoms with van der Waals surface area (Å²) in [7, 11) is -4.33. The Labute approximate surface area is 219 Å². The number of likely N-dealkylation sites (tertiary alicyclic amines) is 1. The summed E-state index contributed by atoms with van der Waals surface area (Å²) < 4.78 is 30.4. The summed E-state index contributed by atoms with van der Waals surface area (Å²) in [6, 6.07) is 1.33. The molecule has 36 heavy (non-hydrogen) atoms. The first-order chi connectivity index (χ1) is 17.1. The van der Waals surface area contributed by atoms with Gasteiger partial charge in [-0.05, 0) is 41.7 Å². The van der Waals surface area contributed by atoms with Crippen LogP contribution in [0, 0.1) is 22.0 Å². The molecule has 3 atom stereocenters. The summed E-state index contributed by atoms with van der Waals surface area (Å²) in [6.45, 7) is 1.10. The zero-order valence-corrected chi connectivity index (χ0v) is 21.8. The Kier molecular flexibility index (Phi) is 8.08. The number of hydrogen-bond acceptors (Lipinski definition) is 7. The van der Waals surface area contributed by atoms with E-state index in [1.165, 1.54) is 35.5 Å². The number of hydrogen-bond donors (Lipinski definition) is 2. The van der Waals surface area contributed by atoms with E-state index in [4.69, 9.17) is 28.9 Å². The highest BCUT2D eigenvalue weighted by Crippen LogP contribution is 2.36. The van der Waals surface area contributed by atoms with Crippen LogP contribution in [0.25, 0.3) is 0 Å². The molecule has 1 saturated heterocycles. The second kappa shape index (κ2) is 10.9. The first kappa shape index (κ1) is 26.6. The van der Waals surface area contributed by atoms with Crippen molar-refractivity contribution in [1.82, 2.24) is 19.2 Å². The Morgan fingerprint density at radius 2 is 1.97 bits per heavy atom. The van der Waals surface area contributed by atoms with E-state index in [2.05, 4.69) is 9.71 Å². The van der Waals surface area contributed by atoms with Gasteiger partial charge in [0.15, 0.2) is 0 Å². The third kappa shape index (κ3) is 5.77. The van der Waals surface area contributed by atoms with Crippen LogP contribution in [0.5, 0.6) is 0 Å². The maximum atomic E-state index is 13.6. The molecule has 2 aromatic rings. The lowest BCUT2D eigenvalue weighted by Crippen LogP contribution is -2.53. The van der Waals surface area contributed by atoms with Crippen LogP contribution in [0.15, 0.2) is 29.4 Å². The lowest BCUT2D eigenvalue weighted by atomic mass is 9.75. The van der Waals surface area contributed by atoms with Crippen molar-refractivity contribution in [3.05, 3.63) is 44.7 Å². The van der Waals surface area contributed by atoms with Crippen LogP contribution in [0.4, 0.5) is 11.6 Å². The van der Waals surface area contributed by atoms with Crippen LogP contribution < -0.4 is 10.5 Å². The third-order valence-electron chi connectivity index (χ3n) is 7.02. The van der Waals surface area contributed by atoms with Crippen molar-refractivity contribution in [3.63, 3.8) is 0 Å². The van der Waals surface area contributed by atoms with E-state index < -0.39 is 26.9 Å². The number of halogens is 2. The van der Waals surface area contributed by atoms with E-state index in [0.29, 0.717) is 24.9 Å². The van der Waals surface area contributed by atoms with Gasteiger partial charge in [-0.3, -0.25) is 4.79 Å². The number of piperidine rings is 1. The van der Waals surface area contributed by atoms with Gasteiger partial charge in [-0.2, -0.15) is 4.72 Å². The first-order valence-corrected chi connectivity index (χ1v) is 14.0. The number of fused-ring (bicyclic) bond motifs is 1. The molecule has 1 saturated carbocycles. The highest BCUT2D eigenvalue weighted by Gasteiger charge is 2.37. The van der Waals surface area contributed by atoms with E-state index in [0.717, 1.165) is 25.7 Å². The fraction of sp³-hybridized carbons (Fsp3) is 0.545. The van der Waals surface area contributed by atoms with Gasteiger partial charge in [-0.1, -0.05) is 47.4 Å². The summed E-state index contributed by atoms with van der Waals surface area (Å²) in [5, 5.41) is 11.3. The molecule has 1 aliphatic carbocycles. The molecule has 2 fully saturated rings. The number of nitro groups is 1. The van der Waals surface area contributed by atoms with Crippen molar-refractivity contribution >= 4 is 50.8 Å². The molecule has 1 aliphatic heterocycles. The topological polar surface area (TPSA) is 153 Å². The molecule has 4 rings (SSSR count). The average molecular weight is 559 g/mol. The number of nitrogen functional groups attached to an aromatic ring is 1. The number of imidazole rings is 1. The van der Waals surface area contributed by atoms with Crippen LogP contribution in [0.1, 0.15) is 38.5 Å². The molecule has 3 N–H and O–H groups in total. The number of nitrogens with two attached hydrogens (primary N) is 1. The highest BCUT2D eigenvalue weighted by molar-refractivity contribution is 7.89. The molecule has 2 aliphatic rings. The largest absolute Gasteiger partial charge is 0.434 e. The number of nitrogens with zero attached hydrogens (tertiary/aromatic N) is 4. The van der Waals surface area contributed by atoms with Crippen molar-refractivity contribution < 1.29 is 18.1 Å². The predicted octanol–water partition coefficient (Wildman–Crippen LogP) is 3.46. The molecule has 1 unspecified atom stereocenters. The summed E-state index contributed by atoms with van der Waals surface area (Å²) >= 11 is 12.1. The van der Waals surface area contributed by atoms with Gasteiger partial charge in [0.25, 0.3) is 0 Å². The van der Waals surface area contributed by atoms with Gasteiger partial charge in [-0.25, -0.2) is 13.0 Å². The van der Waals surface area contributed by atoms with Crippen LogP contribution in [-0.4, -0.2) is 52.8 Å². The number of aromatic nitrogens is 2. The number of nitrogens with one attached hydrogen (secondary N) is 1. The summed E-state index contributed by atoms with van der Waals surface area (Å²) in [6.07, 6.45) is 8.05. The van der Waals surface area contributed by atoms with Crippen LogP contribution >= 0.6 is 23.2 Å². The van der Waals surface area contributed by atoms with Crippen LogP contribution in [-0.2, 0) is 21.4 Å². The number of carbonyl (C=O) groups excluding carboxylic acids is 1. The minimum atomic E-state index is -4.33. The molecule has 196 valence electrons. The van der Waals surface area contributed by atoms with Gasteiger partial charge in [0.1, 0.15) is 23.3 Å². The van der Waals surface area contributed by atoms with E-state index in [9.17, 15) is 23.3 Å². The Hall–Kier alpha value is -2.41. The fourth-order valence-electron chi connectivity index (χ4n) is 5.28. The molecule has 1 aromatic heterocycles. The molecular formula is C22H28Cl2N6O5S. The number of benzene rings is 1. The second-order valence-corrected chi connectivity index (χ2v) is 11.8. The second-order valence-electron chi connectivity index (χ2n) is 9.32. The van der Waals surface area contributed by atoms with Gasteiger partial charge >= 0.3 is 5.95 Å². The smallest absolute Gasteiger partial charge is 0.398 e. The molecular weight excluding hydrogens is 531 g/mol. The van der Waals surface area contributed by atoms with E-state index in [-0.39, 0.29) is 39.5 Å². The van der Waals surface area contributed by atoms with E-state index in [1.54, 1.807) is 4.90 Å². The minimum Gasteiger partial charge on any atom is -0.398 e. The standard InChI is InChI=1S/C22H28Cl2N6O5S/c23-16-11-17(24)20(18(25)12-16)36(34,35)27-19(6-9-28-10-7-26-22(28)30(32)33)21(31)29-8-5-14-3-1-2-4-15(14)13-29/h7,10-12,14-15,19,27H,1-6,8-9,13,25H2/t14-,15+,19?/m1/s1. The number of anilines is 1. The Morgan fingerprint density at radius 1 is 1.25 bits per heavy atom. The SMILES string of the molecule is Nc1cc(Cl)cc(Cl)c1S(=O)(=O)NC(CCn1ccnc1[N+](=O)[O-])C(=O)N1CC[C@H]2CCCC[C@H]2C1. The lowest BCUT2D eigenvalue weighted by Gasteiger charge is -2.42. The maximum absolute atomic E-state index is 13.6. The van der Waals surface area contributed by atoms with Crippen molar-refractivity contribution in [2.24, 2.45) is 11.8 Å². The maximum Gasteiger partial charge on any atom is 0.434 e. The van der Waals surface area contributed by atoms with Crippen molar-refractivity contribution in [2.75, 3.05) is 18.8 Å². The van der Waals surface area contributed by atoms with Gasteiger partial charge < -0.3 is 20.7 Å². The van der Waals surface area contributed by atoms with E-state index >= 15 is 0 Å². The quantitative estimate of drug-likeness (QED) is 0.285. The highest BCUT2D eigenvalue weighted by atomic mass is 35.5. The number of amides is 1. The van der Waals surface area contributed by atoms with Gasteiger partial charge in [-0.15, -0.1) is 0 Å². The summed E-state index contributed by atoms with van der Waals surface area (Å²) in [5.74, 6) is 0.204. The zero-order chi connectivity index (χ0) is 26.0. The molecule has 1 amide bonds. The Balaban J connectivity index is 1.59. The molecule has 0 radical (unpaired) electrons. The lowest BCUT2D eigenvalue weighted by molar-refractivity contribution is -0.396. The normalized spacial score (nSPS) is 21.1. The number of rotatable bonds is 8. The van der Waals surface area contributed by atoms with Gasteiger partial charge in [0, 0.05) is 24.5 Å². The Morgan fingerprint density at radius 3 is 2.67 bits per heavy atom. The molecule has 14 heteroatoms. The fourth-order valence-corrected chi connectivity index (χ4v) is 7.49. The summed E-state index contributed by atoms with van der Waals surface area (Å²) in [4.78, 5) is 29.3. The van der Waals surface area contributed by atoms with Crippen molar-refractivity contribution in [1.29, 1.82) is 0 Å². The predicted molar refractivity (Wildman–Crippen MR) is 135 cm³/mol. The minimum absolute atomic E-state index is 0.00103. The molecule has 11 nitrogen and oxygen atoms in total. The third-order valence-corrected chi connectivity index (χ3v) is 9.24. The van der Waals surface area contributed by atoms with Gasteiger partial charge in [0.2, 0.25) is 15.9 Å². The number of carbonyl (C=O) groups is 1. The molecule has 2 heterocycles. The van der Waals surface area contributed by atoms with Crippen molar-refractivity contribution in [2.45, 2.75) is 56.0 Å². The summed E-state index contributed by atoms with van der Waals surface area (Å²) in [5.41, 5.74) is 5.76. The number of aryl methyl sites for hydroxylation is 1. The van der Waals surface area contributed by atoms with E-state index in [1.807, 2.05) is 0 Å². The zero-order valence-electron chi connectivity index (χ0n) is 19.5. The van der Waals surface area contributed by atoms with Crippen molar-refractivity contribution in [3.8, 4) is 0 Å². The first-order valence-electron chi connectivity index (χ1n) is 11.8. The number of sulfonamides is 1.